The van der Waals surface area contributed by atoms with Crippen LogP contribution in [0.4, 0.5) is 0 Å². The van der Waals surface area contributed by atoms with E-state index in [0.717, 1.165) is 11.0 Å². The van der Waals surface area contributed by atoms with E-state index < -0.39 is 0 Å². The lowest BCUT2D eigenvalue weighted by molar-refractivity contribution is 0.0994. The SMILES string of the molecule is Cc1ccc2oc(C(=O)CSC(C)(C)C)cc2c1. The molecule has 96 valence electrons. The predicted molar refractivity (Wildman–Crippen MR) is 77.5 cm³/mol. The highest BCUT2D eigenvalue weighted by molar-refractivity contribution is 8.01. The molecular weight excluding hydrogens is 244 g/mol. The molecule has 0 aliphatic rings. The summed E-state index contributed by atoms with van der Waals surface area (Å²) in [5.41, 5.74) is 1.95. The Kier molecular flexibility index (Phi) is 3.53. The van der Waals surface area contributed by atoms with Gasteiger partial charge in [0.15, 0.2) is 5.76 Å². The Morgan fingerprint density at radius 3 is 2.67 bits per heavy atom. The summed E-state index contributed by atoms with van der Waals surface area (Å²) in [6.07, 6.45) is 0. The molecule has 0 fully saturated rings. The van der Waals surface area contributed by atoms with Crippen LogP contribution in [0.2, 0.25) is 0 Å². The topological polar surface area (TPSA) is 30.2 Å². The van der Waals surface area contributed by atoms with Crippen LogP contribution >= 0.6 is 11.8 Å². The lowest BCUT2D eigenvalue weighted by Gasteiger charge is -2.16. The molecule has 0 radical (unpaired) electrons. The highest BCUT2D eigenvalue weighted by Crippen LogP contribution is 2.26. The summed E-state index contributed by atoms with van der Waals surface area (Å²) in [7, 11) is 0. The van der Waals surface area contributed by atoms with E-state index in [0.29, 0.717) is 11.5 Å². The van der Waals surface area contributed by atoms with Crippen LogP contribution in [-0.2, 0) is 0 Å². The van der Waals surface area contributed by atoms with Crippen molar-refractivity contribution in [1.82, 2.24) is 0 Å². The molecule has 0 saturated carbocycles. The highest BCUT2D eigenvalue weighted by atomic mass is 32.2. The first-order valence-electron chi connectivity index (χ1n) is 6.02. The Hall–Kier alpha value is -1.22. The molecule has 0 bridgehead atoms. The number of hydrogen-bond acceptors (Lipinski definition) is 3. The van der Waals surface area contributed by atoms with E-state index in [1.807, 2.05) is 31.2 Å². The van der Waals surface area contributed by atoms with Crippen LogP contribution in [0.15, 0.2) is 28.7 Å². The second-order valence-electron chi connectivity index (χ2n) is 5.48. The number of fused-ring (bicyclic) bond motifs is 1. The summed E-state index contributed by atoms with van der Waals surface area (Å²) < 4.78 is 5.68. The van der Waals surface area contributed by atoms with Crippen molar-refractivity contribution in [3.63, 3.8) is 0 Å². The van der Waals surface area contributed by atoms with Gasteiger partial charge in [0, 0.05) is 10.1 Å². The summed E-state index contributed by atoms with van der Waals surface area (Å²) >= 11 is 1.64. The van der Waals surface area contributed by atoms with Crippen molar-refractivity contribution in [2.75, 3.05) is 5.75 Å². The summed E-state index contributed by atoms with van der Waals surface area (Å²) in [4.78, 5) is 12.0. The summed E-state index contributed by atoms with van der Waals surface area (Å²) in [5, 5.41) is 0.999. The van der Waals surface area contributed by atoms with Gasteiger partial charge in [0.1, 0.15) is 5.58 Å². The van der Waals surface area contributed by atoms with Gasteiger partial charge in [0.05, 0.1) is 5.75 Å². The van der Waals surface area contributed by atoms with Crippen LogP contribution in [0.25, 0.3) is 11.0 Å². The van der Waals surface area contributed by atoms with Crippen LogP contribution in [0.5, 0.6) is 0 Å². The number of carbonyl (C=O) groups is 1. The number of aryl methyl sites for hydroxylation is 1. The van der Waals surface area contributed by atoms with Gasteiger partial charge < -0.3 is 4.42 Å². The van der Waals surface area contributed by atoms with Gasteiger partial charge in [0.25, 0.3) is 0 Å². The fourth-order valence-electron chi connectivity index (χ4n) is 1.65. The molecule has 18 heavy (non-hydrogen) atoms. The maximum Gasteiger partial charge on any atom is 0.207 e. The molecule has 0 aliphatic heterocycles. The Bertz CT molecular complexity index is 576. The molecule has 0 unspecified atom stereocenters. The van der Waals surface area contributed by atoms with Gasteiger partial charge in [-0.25, -0.2) is 0 Å². The minimum Gasteiger partial charge on any atom is -0.453 e. The van der Waals surface area contributed by atoms with Gasteiger partial charge >= 0.3 is 0 Å². The minimum atomic E-state index is 0.0591. The first kappa shape index (κ1) is 13.2. The number of hydrogen-bond donors (Lipinski definition) is 0. The Balaban J connectivity index is 2.18. The van der Waals surface area contributed by atoms with Crippen molar-refractivity contribution in [3.8, 4) is 0 Å². The highest BCUT2D eigenvalue weighted by Gasteiger charge is 2.17. The molecule has 3 heteroatoms. The van der Waals surface area contributed by atoms with E-state index in [1.165, 1.54) is 5.56 Å². The second kappa shape index (κ2) is 4.81. The maximum absolute atomic E-state index is 12.0. The number of Topliss-reactive ketones (excluding diaryl/α,β-unsaturated/α-hetero) is 1. The molecule has 2 aromatic rings. The van der Waals surface area contributed by atoms with Crippen LogP contribution in [-0.4, -0.2) is 16.3 Å². The lowest BCUT2D eigenvalue weighted by atomic mass is 10.2. The van der Waals surface area contributed by atoms with E-state index in [2.05, 4.69) is 20.8 Å². The molecule has 0 spiro atoms. The molecule has 0 atom stereocenters. The molecule has 2 rings (SSSR count). The normalized spacial score (nSPS) is 12.0. The summed E-state index contributed by atoms with van der Waals surface area (Å²) in [5.74, 6) is 0.985. The molecule has 2 nitrogen and oxygen atoms in total. The Morgan fingerprint density at radius 1 is 1.28 bits per heavy atom. The first-order valence-corrected chi connectivity index (χ1v) is 7.01. The van der Waals surface area contributed by atoms with E-state index in [-0.39, 0.29) is 10.5 Å². The van der Waals surface area contributed by atoms with Crippen molar-refractivity contribution >= 4 is 28.5 Å². The van der Waals surface area contributed by atoms with Crippen molar-refractivity contribution in [2.24, 2.45) is 0 Å². The van der Waals surface area contributed by atoms with Gasteiger partial charge in [-0.05, 0) is 25.1 Å². The van der Waals surface area contributed by atoms with Gasteiger partial charge in [-0.3, -0.25) is 4.79 Å². The number of benzene rings is 1. The fourth-order valence-corrected chi connectivity index (χ4v) is 2.36. The van der Waals surface area contributed by atoms with Crippen molar-refractivity contribution in [1.29, 1.82) is 0 Å². The van der Waals surface area contributed by atoms with Gasteiger partial charge in [0.2, 0.25) is 5.78 Å². The van der Waals surface area contributed by atoms with Crippen molar-refractivity contribution in [2.45, 2.75) is 32.4 Å². The zero-order chi connectivity index (χ0) is 13.3. The third-order valence-electron chi connectivity index (χ3n) is 2.58. The molecule has 0 N–H and O–H groups in total. The van der Waals surface area contributed by atoms with Crippen LogP contribution in [0.3, 0.4) is 0 Å². The van der Waals surface area contributed by atoms with Gasteiger partial charge in [-0.15, -0.1) is 11.8 Å². The fraction of sp³-hybridized carbons (Fsp3) is 0.400. The predicted octanol–water partition coefficient (Wildman–Crippen LogP) is 4.46. The number of thioether (sulfide) groups is 1. The minimum absolute atomic E-state index is 0.0591. The zero-order valence-electron chi connectivity index (χ0n) is 11.2. The van der Waals surface area contributed by atoms with E-state index in [4.69, 9.17) is 4.42 Å². The van der Waals surface area contributed by atoms with Crippen LogP contribution in [0.1, 0.15) is 36.9 Å². The Morgan fingerprint density at radius 2 is 2.00 bits per heavy atom. The van der Waals surface area contributed by atoms with Gasteiger partial charge in [-0.2, -0.15) is 0 Å². The lowest BCUT2D eigenvalue weighted by Crippen LogP contribution is -2.12. The van der Waals surface area contributed by atoms with E-state index in [9.17, 15) is 4.79 Å². The average Bonchev–Trinajstić information content (AvgIpc) is 2.67. The average molecular weight is 262 g/mol. The third kappa shape index (κ3) is 3.16. The number of carbonyl (C=O) groups excluding carboxylic acids is 1. The molecule has 1 heterocycles. The third-order valence-corrected chi connectivity index (χ3v) is 3.86. The smallest absolute Gasteiger partial charge is 0.207 e. The van der Waals surface area contributed by atoms with Crippen molar-refractivity contribution in [3.05, 3.63) is 35.6 Å². The largest absolute Gasteiger partial charge is 0.453 e. The van der Waals surface area contributed by atoms with E-state index in [1.54, 1.807) is 11.8 Å². The monoisotopic (exact) mass is 262 g/mol. The van der Waals surface area contributed by atoms with Crippen LogP contribution < -0.4 is 0 Å². The standard InChI is InChI=1S/C15H18O2S/c1-10-5-6-13-11(7-10)8-14(17-13)12(16)9-18-15(2,3)4/h5-8H,9H2,1-4H3. The molecule has 1 aromatic carbocycles. The number of rotatable bonds is 3. The second-order valence-corrected chi connectivity index (χ2v) is 7.28. The number of ketones is 1. The molecule has 0 amide bonds. The Labute approximate surface area is 112 Å². The summed E-state index contributed by atoms with van der Waals surface area (Å²) in [6, 6.07) is 7.78. The summed E-state index contributed by atoms with van der Waals surface area (Å²) in [6.45, 7) is 8.34. The number of furan rings is 1. The molecular formula is C15H18O2S. The molecule has 0 saturated heterocycles. The van der Waals surface area contributed by atoms with Gasteiger partial charge in [-0.1, -0.05) is 32.4 Å². The zero-order valence-corrected chi connectivity index (χ0v) is 12.1. The van der Waals surface area contributed by atoms with E-state index >= 15 is 0 Å². The first-order chi connectivity index (χ1) is 8.35. The quantitative estimate of drug-likeness (QED) is 0.765. The molecule has 0 aliphatic carbocycles. The van der Waals surface area contributed by atoms with Crippen LogP contribution in [0, 0.1) is 6.92 Å². The van der Waals surface area contributed by atoms with Crippen molar-refractivity contribution < 1.29 is 9.21 Å². The maximum atomic E-state index is 12.0. The molecule has 1 aromatic heterocycles.